The summed E-state index contributed by atoms with van der Waals surface area (Å²) in [4.78, 5) is 12.1. The summed E-state index contributed by atoms with van der Waals surface area (Å²) in [5.74, 6) is -0.950. The van der Waals surface area contributed by atoms with Crippen LogP contribution in [-0.4, -0.2) is 4.57 Å². The van der Waals surface area contributed by atoms with E-state index >= 15 is 0 Å². The summed E-state index contributed by atoms with van der Waals surface area (Å²) in [7, 11) is 1.72. The van der Waals surface area contributed by atoms with E-state index in [0.29, 0.717) is 10.9 Å². The molecule has 0 aliphatic carbocycles. The molecule has 5 heteroatoms. The van der Waals surface area contributed by atoms with Crippen LogP contribution in [0.25, 0.3) is 10.9 Å². The minimum absolute atomic E-state index is 0.198. The van der Waals surface area contributed by atoms with Crippen LogP contribution >= 0.6 is 0 Å². The largest absolute Gasteiger partial charge is 0.352 e. The fraction of sp³-hybridized carbons (Fsp3) is 0.118. The van der Waals surface area contributed by atoms with E-state index in [1.807, 2.05) is 0 Å². The standard InChI is InChI=1S/C17H14F2N2O/c1-10-3-4-13(12(19)7-10)20-14-8-11(18)9-15-17(14)16(22)5-6-21(15)2/h3-9,20H,1-2H3. The van der Waals surface area contributed by atoms with Gasteiger partial charge >= 0.3 is 0 Å². The molecule has 3 aromatic rings. The maximum Gasteiger partial charge on any atom is 0.191 e. The van der Waals surface area contributed by atoms with Gasteiger partial charge in [0, 0.05) is 19.3 Å². The van der Waals surface area contributed by atoms with E-state index in [-0.39, 0.29) is 16.8 Å². The van der Waals surface area contributed by atoms with Crippen molar-refractivity contribution >= 4 is 22.3 Å². The van der Waals surface area contributed by atoms with Gasteiger partial charge in [0.1, 0.15) is 11.6 Å². The highest BCUT2D eigenvalue weighted by atomic mass is 19.1. The van der Waals surface area contributed by atoms with Crippen LogP contribution in [0.3, 0.4) is 0 Å². The highest BCUT2D eigenvalue weighted by Crippen LogP contribution is 2.27. The second-order valence-electron chi connectivity index (χ2n) is 5.25. The van der Waals surface area contributed by atoms with Crippen molar-refractivity contribution in [3.05, 3.63) is 70.0 Å². The van der Waals surface area contributed by atoms with Gasteiger partial charge in [-0.2, -0.15) is 0 Å². The van der Waals surface area contributed by atoms with E-state index < -0.39 is 11.6 Å². The van der Waals surface area contributed by atoms with Gasteiger partial charge in [-0.05, 0) is 36.8 Å². The quantitative estimate of drug-likeness (QED) is 0.779. The maximum atomic E-state index is 14.0. The van der Waals surface area contributed by atoms with Gasteiger partial charge in [-0.1, -0.05) is 6.07 Å². The monoisotopic (exact) mass is 300 g/mol. The number of hydrogen-bond donors (Lipinski definition) is 1. The number of nitrogens with one attached hydrogen (secondary N) is 1. The normalized spacial score (nSPS) is 10.9. The molecule has 0 spiro atoms. The predicted octanol–water partition coefficient (Wildman–Crippen LogP) is 3.87. The molecule has 2 aromatic carbocycles. The Morgan fingerprint density at radius 1 is 1.05 bits per heavy atom. The number of halogens is 2. The fourth-order valence-electron chi connectivity index (χ4n) is 2.44. The van der Waals surface area contributed by atoms with Gasteiger partial charge in [0.2, 0.25) is 0 Å². The summed E-state index contributed by atoms with van der Waals surface area (Å²) in [5, 5.41) is 3.15. The van der Waals surface area contributed by atoms with E-state index in [2.05, 4.69) is 5.32 Å². The predicted molar refractivity (Wildman–Crippen MR) is 83.6 cm³/mol. The molecule has 0 bridgehead atoms. The van der Waals surface area contributed by atoms with Crippen LogP contribution in [0.4, 0.5) is 20.2 Å². The van der Waals surface area contributed by atoms with Crippen molar-refractivity contribution in [3.8, 4) is 0 Å². The zero-order valence-electron chi connectivity index (χ0n) is 12.2. The van der Waals surface area contributed by atoms with Gasteiger partial charge < -0.3 is 9.88 Å². The number of benzene rings is 2. The first-order valence-corrected chi connectivity index (χ1v) is 6.78. The molecule has 1 heterocycles. The number of fused-ring (bicyclic) bond motifs is 1. The van der Waals surface area contributed by atoms with E-state index in [1.54, 1.807) is 36.9 Å². The maximum absolute atomic E-state index is 14.0. The third-order valence-electron chi connectivity index (χ3n) is 3.55. The number of anilines is 2. The molecule has 22 heavy (non-hydrogen) atoms. The Labute approximate surface area is 125 Å². The molecule has 0 aliphatic rings. The lowest BCUT2D eigenvalue weighted by Crippen LogP contribution is -2.08. The van der Waals surface area contributed by atoms with Gasteiger partial charge in [-0.15, -0.1) is 0 Å². The van der Waals surface area contributed by atoms with E-state index in [4.69, 9.17) is 0 Å². The molecule has 3 nitrogen and oxygen atoms in total. The summed E-state index contributed by atoms with van der Waals surface area (Å²) in [6, 6.07) is 8.56. The molecule has 0 atom stereocenters. The number of hydrogen-bond acceptors (Lipinski definition) is 2. The molecule has 1 aromatic heterocycles. The number of rotatable bonds is 2. The summed E-state index contributed by atoms with van der Waals surface area (Å²) in [6.45, 7) is 1.78. The topological polar surface area (TPSA) is 34.0 Å². The Hall–Kier alpha value is -2.69. The summed E-state index contributed by atoms with van der Waals surface area (Å²) in [5.41, 5.74) is 1.43. The highest BCUT2D eigenvalue weighted by Gasteiger charge is 2.11. The Bertz CT molecular complexity index is 932. The van der Waals surface area contributed by atoms with Crippen LogP contribution < -0.4 is 10.7 Å². The lowest BCUT2D eigenvalue weighted by Gasteiger charge is -2.13. The van der Waals surface area contributed by atoms with Crippen LogP contribution in [0.2, 0.25) is 0 Å². The van der Waals surface area contributed by atoms with Crippen molar-refractivity contribution in [3.63, 3.8) is 0 Å². The first-order chi connectivity index (χ1) is 10.5. The van der Waals surface area contributed by atoms with Crippen LogP contribution in [0.1, 0.15) is 5.56 Å². The molecule has 0 aliphatic heterocycles. The molecule has 0 fully saturated rings. The minimum atomic E-state index is -0.497. The van der Waals surface area contributed by atoms with Crippen LogP contribution in [0.15, 0.2) is 47.4 Å². The smallest absolute Gasteiger partial charge is 0.191 e. The van der Waals surface area contributed by atoms with Crippen molar-refractivity contribution in [2.75, 3.05) is 5.32 Å². The molecule has 0 radical (unpaired) electrons. The van der Waals surface area contributed by atoms with Crippen molar-refractivity contribution in [2.24, 2.45) is 7.05 Å². The molecular formula is C17H14F2N2O. The first-order valence-electron chi connectivity index (χ1n) is 6.78. The van der Waals surface area contributed by atoms with E-state index in [0.717, 1.165) is 5.56 Å². The van der Waals surface area contributed by atoms with Crippen LogP contribution in [-0.2, 0) is 7.05 Å². The van der Waals surface area contributed by atoms with Gasteiger partial charge in [0.25, 0.3) is 0 Å². The second kappa shape index (κ2) is 5.26. The Balaban J connectivity index is 2.22. The van der Waals surface area contributed by atoms with Crippen molar-refractivity contribution in [1.82, 2.24) is 4.57 Å². The van der Waals surface area contributed by atoms with Gasteiger partial charge in [-0.25, -0.2) is 8.78 Å². The summed E-state index contributed by atoms with van der Waals surface area (Å²) >= 11 is 0. The molecular weight excluding hydrogens is 286 g/mol. The van der Waals surface area contributed by atoms with Crippen LogP contribution in [0.5, 0.6) is 0 Å². The summed E-state index contributed by atoms with van der Waals surface area (Å²) in [6.07, 6.45) is 1.57. The Morgan fingerprint density at radius 2 is 1.82 bits per heavy atom. The lowest BCUT2D eigenvalue weighted by molar-refractivity contribution is 0.627. The average molecular weight is 300 g/mol. The minimum Gasteiger partial charge on any atom is -0.352 e. The molecule has 112 valence electrons. The number of aromatic nitrogens is 1. The van der Waals surface area contributed by atoms with Gasteiger partial charge in [-0.3, -0.25) is 4.79 Å². The Morgan fingerprint density at radius 3 is 2.55 bits per heavy atom. The first kappa shape index (κ1) is 14.3. The fourth-order valence-corrected chi connectivity index (χ4v) is 2.44. The number of aryl methyl sites for hydroxylation is 2. The third-order valence-corrected chi connectivity index (χ3v) is 3.55. The summed E-state index contributed by atoms with van der Waals surface area (Å²) < 4.78 is 29.5. The van der Waals surface area contributed by atoms with Gasteiger partial charge in [0.05, 0.1) is 22.3 Å². The molecule has 0 saturated heterocycles. The molecule has 0 amide bonds. The van der Waals surface area contributed by atoms with Crippen molar-refractivity contribution < 1.29 is 8.78 Å². The number of nitrogens with zero attached hydrogens (tertiary/aromatic N) is 1. The van der Waals surface area contributed by atoms with E-state index in [9.17, 15) is 13.6 Å². The zero-order chi connectivity index (χ0) is 15.9. The second-order valence-corrected chi connectivity index (χ2v) is 5.25. The van der Waals surface area contributed by atoms with E-state index in [1.165, 1.54) is 24.3 Å². The van der Waals surface area contributed by atoms with Crippen molar-refractivity contribution in [2.45, 2.75) is 6.92 Å². The van der Waals surface area contributed by atoms with Crippen molar-refractivity contribution in [1.29, 1.82) is 0 Å². The molecule has 1 N–H and O–H groups in total. The highest BCUT2D eigenvalue weighted by molar-refractivity contribution is 5.93. The SMILES string of the molecule is Cc1ccc(Nc2cc(F)cc3c2c(=O)ccn3C)c(F)c1. The lowest BCUT2D eigenvalue weighted by atomic mass is 10.1. The molecule has 0 saturated carbocycles. The third kappa shape index (κ3) is 2.45. The van der Waals surface area contributed by atoms with Crippen LogP contribution in [0, 0.1) is 18.6 Å². The zero-order valence-corrected chi connectivity index (χ0v) is 12.2. The van der Waals surface area contributed by atoms with Gasteiger partial charge in [0.15, 0.2) is 5.43 Å². The molecule has 3 rings (SSSR count). The average Bonchev–Trinajstić information content (AvgIpc) is 2.45. The molecule has 0 unspecified atom stereocenters. The Kier molecular flexibility index (Phi) is 3.41. The number of pyridine rings is 1.